The molecule has 0 aromatic heterocycles. The van der Waals surface area contributed by atoms with Crippen molar-refractivity contribution in [3.05, 3.63) is 28.2 Å². The third-order valence-corrected chi connectivity index (χ3v) is 4.55. The van der Waals surface area contributed by atoms with Crippen molar-refractivity contribution in [2.45, 2.75) is 58.6 Å². The van der Waals surface area contributed by atoms with Crippen molar-refractivity contribution < 1.29 is 4.74 Å². The van der Waals surface area contributed by atoms with Gasteiger partial charge in [0.2, 0.25) is 0 Å². The lowest BCUT2D eigenvalue weighted by Crippen LogP contribution is -2.24. The minimum Gasteiger partial charge on any atom is -0.489 e. The average Bonchev–Trinajstić information content (AvgIpc) is 2.42. The average molecular weight is 340 g/mol. The van der Waals surface area contributed by atoms with Crippen LogP contribution in [0.3, 0.4) is 0 Å². The van der Waals surface area contributed by atoms with Crippen molar-refractivity contribution in [2.24, 2.45) is 5.92 Å². The van der Waals surface area contributed by atoms with Crippen LogP contribution in [-0.4, -0.2) is 12.6 Å². The Morgan fingerprint density at radius 1 is 1.35 bits per heavy atom. The SMILES string of the molecule is CCCNCc1ccc(OC2CCCC(C)C2)c(Br)c1. The molecule has 0 heterocycles. The largest absolute Gasteiger partial charge is 0.489 e. The number of benzene rings is 1. The molecule has 112 valence electrons. The molecule has 0 radical (unpaired) electrons. The van der Waals surface area contributed by atoms with E-state index in [-0.39, 0.29) is 0 Å². The zero-order chi connectivity index (χ0) is 14.4. The summed E-state index contributed by atoms with van der Waals surface area (Å²) in [6.45, 7) is 6.50. The fourth-order valence-corrected chi connectivity index (χ4v) is 3.34. The Labute approximate surface area is 131 Å². The van der Waals surface area contributed by atoms with Crippen LogP contribution in [0.2, 0.25) is 0 Å². The summed E-state index contributed by atoms with van der Waals surface area (Å²) in [6, 6.07) is 6.44. The zero-order valence-electron chi connectivity index (χ0n) is 12.6. The van der Waals surface area contributed by atoms with E-state index >= 15 is 0 Å². The van der Waals surface area contributed by atoms with Crippen molar-refractivity contribution in [1.29, 1.82) is 0 Å². The summed E-state index contributed by atoms with van der Waals surface area (Å²) in [5.41, 5.74) is 1.30. The maximum atomic E-state index is 6.17. The predicted octanol–water partition coefficient (Wildman–Crippen LogP) is 4.91. The Morgan fingerprint density at radius 3 is 2.90 bits per heavy atom. The molecule has 0 amide bonds. The summed E-state index contributed by atoms with van der Waals surface area (Å²) in [6.07, 6.45) is 6.58. The standard InChI is InChI=1S/C17H26BrNO/c1-3-9-19-12-14-7-8-17(16(18)11-14)20-15-6-4-5-13(2)10-15/h7-8,11,13,15,19H,3-6,9-10,12H2,1-2H3. The van der Waals surface area contributed by atoms with Crippen LogP contribution in [-0.2, 0) is 6.54 Å². The molecule has 1 aliphatic carbocycles. The van der Waals surface area contributed by atoms with E-state index in [9.17, 15) is 0 Å². The van der Waals surface area contributed by atoms with Gasteiger partial charge in [-0.15, -0.1) is 0 Å². The van der Waals surface area contributed by atoms with E-state index in [1.54, 1.807) is 0 Å². The van der Waals surface area contributed by atoms with E-state index in [1.807, 2.05) is 0 Å². The molecule has 0 saturated heterocycles. The first kappa shape index (κ1) is 15.8. The molecule has 0 bridgehead atoms. The molecule has 2 unspecified atom stereocenters. The van der Waals surface area contributed by atoms with Gasteiger partial charge >= 0.3 is 0 Å². The van der Waals surface area contributed by atoms with Crippen molar-refractivity contribution in [3.63, 3.8) is 0 Å². The van der Waals surface area contributed by atoms with Crippen LogP contribution < -0.4 is 10.1 Å². The van der Waals surface area contributed by atoms with E-state index in [4.69, 9.17) is 4.74 Å². The number of rotatable bonds is 6. The molecule has 1 aromatic rings. The second kappa shape index (κ2) is 8.04. The lowest BCUT2D eigenvalue weighted by atomic mass is 9.89. The Hall–Kier alpha value is -0.540. The maximum absolute atomic E-state index is 6.17. The molecular formula is C17H26BrNO. The van der Waals surface area contributed by atoms with Crippen LogP contribution in [0, 0.1) is 5.92 Å². The summed E-state index contributed by atoms with van der Waals surface area (Å²) in [4.78, 5) is 0. The van der Waals surface area contributed by atoms with E-state index < -0.39 is 0 Å². The van der Waals surface area contributed by atoms with Gasteiger partial charge in [-0.25, -0.2) is 0 Å². The molecule has 1 fully saturated rings. The number of nitrogens with one attached hydrogen (secondary N) is 1. The molecule has 2 atom stereocenters. The van der Waals surface area contributed by atoms with Gasteiger partial charge in [0, 0.05) is 6.54 Å². The van der Waals surface area contributed by atoms with Crippen LogP contribution in [0.4, 0.5) is 0 Å². The summed E-state index contributed by atoms with van der Waals surface area (Å²) in [7, 11) is 0. The molecule has 3 heteroatoms. The summed E-state index contributed by atoms with van der Waals surface area (Å²) in [5, 5.41) is 3.42. The van der Waals surface area contributed by atoms with Crippen molar-refractivity contribution in [2.75, 3.05) is 6.54 Å². The monoisotopic (exact) mass is 339 g/mol. The first-order valence-corrected chi connectivity index (χ1v) is 8.64. The molecule has 2 rings (SSSR count). The van der Waals surface area contributed by atoms with Crippen LogP contribution in [0.1, 0.15) is 51.5 Å². The zero-order valence-corrected chi connectivity index (χ0v) is 14.2. The molecular weight excluding hydrogens is 314 g/mol. The third-order valence-electron chi connectivity index (χ3n) is 3.93. The smallest absolute Gasteiger partial charge is 0.133 e. The summed E-state index contributed by atoms with van der Waals surface area (Å²) >= 11 is 3.65. The lowest BCUT2D eigenvalue weighted by Gasteiger charge is -2.27. The van der Waals surface area contributed by atoms with Gasteiger partial charge in [0.1, 0.15) is 5.75 Å². The minimum absolute atomic E-state index is 0.388. The highest BCUT2D eigenvalue weighted by atomic mass is 79.9. The third kappa shape index (κ3) is 4.78. The molecule has 0 spiro atoms. The highest BCUT2D eigenvalue weighted by molar-refractivity contribution is 9.10. The van der Waals surface area contributed by atoms with E-state index in [2.05, 4.69) is 53.3 Å². The molecule has 1 saturated carbocycles. The molecule has 20 heavy (non-hydrogen) atoms. The second-order valence-corrected chi connectivity index (χ2v) is 6.81. The summed E-state index contributed by atoms with van der Waals surface area (Å²) in [5.74, 6) is 1.79. The number of halogens is 1. The normalized spacial score (nSPS) is 22.8. The van der Waals surface area contributed by atoms with Crippen molar-refractivity contribution in [3.8, 4) is 5.75 Å². The van der Waals surface area contributed by atoms with Gasteiger partial charge in [-0.05, 0) is 71.8 Å². The first-order valence-electron chi connectivity index (χ1n) is 7.84. The van der Waals surface area contributed by atoms with Crippen LogP contribution in [0.5, 0.6) is 5.75 Å². The number of hydrogen-bond donors (Lipinski definition) is 1. The van der Waals surface area contributed by atoms with Gasteiger partial charge in [0.15, 0.2) is 0 Å². The Kier molecular flexibility index (Phi) is 6.37. The molecule has 1 aliphatic rings. The topological polar surface area (TPSA) is 21.3 Å². The second-order valence-electron chi connectivity index (χ2n) is 5.95. The molecule has 1 aromatic carbocycles. The number of hydrogen-bond acceptors (Lipinski definition) is 2. The van der Waals surface area contributed by atoms with Gasteiger partial charge in [-0.3, -0.25) is 0 Å². The highest BCUT2D eigenvalue weighted by Gasteiger charge is 2.20. The van der Waals surface area contributed by atoms with Crippen LogP contribution >= 0.6 is 15.9 Å². The summed E-state index contributed by atoms with van der Waals surface area (Å²) < 4.78 is 7.25. The van der Waals surface area contributed by atoms with Crippen molar-refractivity contribution >= 4 is 15.9 Å². The van der Waals surface area contributed by atoms with E-state index in [1.165, 1.54) is 37.7 Å². The van der Waals surface area contributed by atoms with Gasteiger partial charge < -0.3 is 10.1 Å². The number of ether oxygens (including phenoxy) is 1. The Morgan fingerprint density at radius 2 is 2.20 bits per heavy atom. The molecule has 0 aliphatic heterocycles. The van der Waals surface area contributed by atoms with E-state index in [0.29, 0.717) is 6.10 Å². The van der Waals surface area contributed by atoms with Crippen LogP contribution in [0.15, 0.2) is 22.7 Å². The Balaban J connectivity index is 1.91. The van der Waals surface area contributed by atoms with Gasteiger partial charge in [0.25, 0.3) is 0 Å². The molecule has 1 N–H and O–H groups in total. The molecule has 2 nitrogen and oxygen atoms in total. The maximum Gasteiger partial charge on any atom is 0.133 e. The highest BCUT2D eigenvalue weighted by Crippen LogP contribution is 2.31. The fourth-order valence-electron chi connectivity index (χ4n) is 2.82. The minimum atomic E-state index is 0.388. The van der Waals surface area contributed by atoms with Gasteiger partial charge in [-0.1, -0.05) is 26.3 Å². The fraction of sp³-hybridized carbons (Fsp3) is 0.647. The first-order chi connectivity index (χ1) is 9.69. The Bertz CT molecular complexity index is 421. The van der Waals surface area contributed by atoms with Crippen molar-refractivity contribution in [1.82, 2.24) is 5.32 Å². The predicted molar refractivity (Wildman–Crippen MR) is 88.2 cm³/mol. The van der Waals surface area contributed by atoms with Gasteiger partial charge in [0.05, 0.1) is 10.6 Å². The van der Waals surface area contributed by atoms with E-state index in [0.717, 1.165) is 29.2 Å². The van der Waals surface area contributed by atoms with Gasteiger partial charge in [-0.2, -0.15) is 0 Å². The van der Waals surface area contributed by atoms with Crippen LogP contribution in [0.25, 0.3) is 0 Å². The quantitative estimate of drug-likeness (QED) is 0.743. The lowest BCUT2D eigenvalue weighted by molar-refractivity contribution is 0.128.